The zero-order valence-corrected chi connectivity index (χ0v) is 19.8. The fourth-order valence-corrected chi connectivity index (χ4v) is 2.73. The molecule has 0 fully saturated rings. The van der Waals surface area contributed by atoms with Crippen LogP contribution in [0.5, 0.6) is 0 Å². The van der Waals surface area contributed by atoms with Crippen LogP contribution in [-0.2, 0) is 38.1 Å². The minimum Gasteiger partial charge on any atom is -0.458 e. The van der Waals surface area contributed by atoms with Crippen LogP contribution < -0.4 is 0 Å². The van der Waals surface area contributed by atoms with Crippen molar-refractivity contribution in [3.63, 3.8) is 0 Å². The predicted molar refractivity (Wildman–Crippen MR) is 111 cm³/mol. The average molecular weight is 431 g/mol. The third-order valence-electron chi connectivity index (χ3n) is 4.63. The number of Topliss-reactive ketones (excluding diaryl/α,β-unsaturated/α-hetero) is 2. The molecule has 0 radical (unpaired) electrons. The molecular formula is C22H38O8. The molecule has 0 aliphatic heterocycles. The van der Waals surface area contributed by atoms with Crippen LogP contribution in [0.25, 0.3) is 0 Å². The Labute approximate surface area is 180 Å². The van der Waals surface area contributed by atoms with Gasteiger partial charge in [-0.25, -0.2) is 0 Å². The van der Waals surface area contributed by atoms with Crippen molar-refractivity contribution in [3.8, 4) is 0 Å². The molecular weight excluding hydrogens is 392 g/mol. The van der Waals surface area contributed by atoms with E-state index in [4.69, 9.17) is 18.9 Å². The van der Waals surface area contributed by atoms with Crippen molar-refractivity contribution < 1.29 is 38.1 Å². The molecule has 0 heterocycles. The molecule has 0 rings (SSSR count). The van der Waals surface area contributed by atoms with Crippen molar-refractivity contribution in [2.45, 2.75) is 68.6 Å². The normalized spacial score (nSPS) is 13.3. The molecule has 0 aliphatic rings. The molecule has 0 saturated carbocycles. The van der Waals surface area contributed by atoms with Crippen LogP contribution in [0.2, 0.25) is 0 Å². The largest absolute Gasteiger partial charge is 0.458 e. The summed E-state index contributed by atoms with van der Waals surface area (Å²) in [4.78, 5) is 49.7. The summed E-state index contributed by atoms with van der Waals surface area (Å²) in [6.07, 6.45) is -1.23. The van der Waals surface area contributed by atoms with E-state index in [2.05, 4.69) is 0 Å². The summed E-state index contributed by atoms with van der Waals surface area (Å²) < 4.78 is 21.2. The van der Waals surface area contributed by atoms with Gasteiger partial charge in [-0.05, 0) is 34.6 Å². The number of ketones is 2. The van der Waals surface area contributed by atoms with Gasteiger partial charge in [0.1, 0.15) is 10.8 Å². The van der Waals surface area contributed by atoms with Crippen LogP contribution in [0.1, 0.15) is 62.3 Å². The molecule has 174 valence electrons. The van der Waals surface area contributed by atoms with E-state index in [1.165, 1.54) is 27.7 Å². The Morgan fingerprint density at radius 1 is 0.767 bits per heavy atom. The van der Waals surface area contributed by atoms with E-state index in [-0.39, 0.29) is 36.6 Å². The van der Waals surface area contributed by atoms with Crippen LogP contribution in [0.15, 0.2) is 0 Å². The second-order valence-electron chi connectivity index (χ2n) is 8.79. The summed E-state index contributed by atoms with van der Waals surface area (Å²) in [7, 11) is 0. The fourth-order valence-electron chi connectivity index (χ4n) is 2.73. The van der Waals surface area contributed by atoms with Crippen LogP contribution >= 0.6 is 0 Å². The molecule has 0 aromatic carbocycles. The highest BCUT2D eigenvalue weighted by Gasteiger charge is 2.41. The molecule has 0 amide bonds. The zero-order chi connectivity index (χ0) is 23.7. The van der Waals surface area contributed by atoms with E-state index in [1.807, 2.05) is 6.92 Å². The smallest absolute Gasteiger partial charge is 0.321 e. The monoisotopic (exact) mass is 430 g/mol. The third kappa shape index (κ3) is 8.14. The van der Waals surface area contributed by atoms with Gasteiger partial charge >= 0.3 is 11.9 Å². The number of ether oxygens (including phenoxy) is 4. The molecule has 8 heteroatoms. The first kappa shape index (κ1) is 28.2. The van der Waals surface area contributed by atoms with E-state index < -0.39 is 35.7 Å². The van der Waals surface area contributed by atoms with Gasteiger partial charge in [0.25, 0.3) is 0 Å². The second-order valence-corrected chi connectivity index (χ2v) is 8.79. The fraction of sp³-hybridized carbons (Fsp3) is 0.818. The summed E-state index contributed by atoms with van der Waals surface area (Å²) in [5.74, 6) is -2.76. The highest BCUT2D eigenvalue weighted by Crippen LogP contribution is 2.25. The van der Waals surface area contributed by atoms with Gasteiger partial charge in [-0.15, -0.1) is 0 Å². The first-order valence-electron chi connectivity index (χ1n) is 10.4. The van der Waals surface area contributed by atoms with E-state index in [9.17, 15) is 19.2 Å². The summed E-state index contributed by atoms with van der Waals surface area (Å²) in [6, 6.07) is 0. The molecule has 1 atom stereocenters. The Bertz CT molecular complexity index is 604. The van der Waals surface area contributed by atoms with Crippen molar-refractivity contribution in [2.75, 3.05) is 26.4 Å². The molecule has 0 N–H and O–H groups in total. The standard InChI is InChI=1S/C22H38O8/c1-10-27-11-12-28-16(30-20(26)22(8,9)18(24)15(4)5)13-29-19(25)21(6,7)17(23)14(2)3/h14-16H,10-13H2,1-9H3. The van der Waals surface area contributed by atoms with Crippen molar-refractivity contribution >= 4 is 23.5 Å². The molecule has 8 nitrogen and oxygen atoms in total. The number of esters is 2. The molecule has 0 aliphatic carbocycles. The van der Waals surface area contributed by atoms with Gasteiger partial charge in [-0.1, -0.05) is 27.7 Å². The lowest BCUT2D eigenvalue weighted by Crippen LogP contribution is -2.42. The topological polar surface area (TPSA) is 105 Å². The lowest BCUT2D eigenvalue weighted by atomic mass is 9.82. The molecule has 30 heavy (non-hydrogen) atoms. The van der Waals surface area contributed by atoms with Gasteiger partial charge in [-0.3, -0.25) is 19.2 Å². The molecule has 0 aromatic rings. The Kier molecular flexibility index (Phi) is 11.4. The maximum absolute atomic E-state index is 12.6. The molecule has 0 spiro atoms. The van der Waals surface area contributed by atoms with Gasteiger partial charge in [0.2, 0.25) is 6.29 Å². The van der Waals surface area contributed by atoms with Crippen LogP contribution in [-0.4, -0.2) is 56.2 Å². The first-order chi connectivity index (χ1) is 13.7. The number of carbonyl (C=O) groups is 4. The molecule has 1 unspecified atom stereocenters. The number of rotatable bonds is 14. The first-order valence-corrected chi connectivity index (χ1v) is 10.4. The summed E-state index contributed by atoms with van der Waals surface area (Å²) in [5.41, 5.74) is -2.73. The molecule has 0 saturated heterocycles. The number of carbonyl (C=O) groups excluding carboxylic acids is 4. The third-order valence-corrected chi connectivity index (χ3v) is 4.63. The summed E-state index contributed by atoms with van der Waals surface area (Å²) in [6.45, 7) is 15.0. The van der Waals surface area contributed by atoms with Crippen LogP contribution in [0, 0.1) is 22.7 Å². The van der Waals surface area contributed by atoms with Gasteiger partial charge in [0.15, 0.2) is 18.2 Å². The highest BCUT2D eigenvalue weighted by atomic mass is 16.7. The van der Waals surface area contributed by atoms with Crippen molar-refractivity contribution in [2.24, 2.45) is 22.7 Å². The van der Waals surface area contributed by atoms with Gasteiger partial charge in [0.05, 0.1) is 13.2 Å². The molecule has 0 aromatic heterocycles. The van der Waals surface area contributed by atoms with E-state index >= 15 is 0 Å². The van der Waals surface area contributed by atoms with Gasteiger partial charge < -0.3 is 18.9 Å². The highest BCUT2D eigenvalue weighted by molar-refractivity contribution is 6.04. The maximum atomic E-state index is 12.6. The Morgan fingerprint density at radius 3 is 1.67 bits per heavy atom. The van der Waals surface area contributed by atoms with E-state index in [0.717, 1.165) is 0 Å². The lowest BCUT2D eigenvalue weighted by molar-refractivity contribution is -0.206. The number of hydrogen-bond donors (Lipinski definition) is 0. The average Bonchev–Trinajstić information content (AvgIpc) is 2.66. The summed E-state index contributed by atoms with van der Waals surface area (Å²) >= 11 is 0. The second kappa shape index (κ2) is 12.2. The predicted octanol–water partition coefficient (Wildman–Crippen LogP) is 2.95. The Hall–Kier alpha value is -1.80. The lowest BCUT2D eigenvalue weighted by Gasteiger charge is -2.28. The Balaban J connectivity index is 5.22. The quantitative estimate of drug-likeness (QED) is 0.179. The summed E-state index contributed by atoms with van der Waals surface area (Å²) in [5, 5.41) is 0. The van der Waals surface area contributed by atoms with Crippen LogP contribution in [0.4, 0.5) is 0 Å². The van der Waals surface area contributed by atoms with Crippen molar-refractivity contribution in [3.05, 3.63) is 0 Å². The van der Waals surface area contributed by atoms with Gasteiger partial charge in [-0.2, -0.15) is 0 Å². The minimum atomic E-state index is -1.38. The van der Waals surface area contributed by atoms with Crippen LogP contribution in [0.3, 0.4) is 0 Å². The van der Waals surface area contributed by atoms with Crippen molar-refractivity contribution in [1.82, 2.24) is 0 Å². The number of hydrogen-bond acceptors (Lipinski definition) is 8. The van der Waals surface area contributed by atoms with E-state index in [1.54, 1.807) is 27.7 Å². The minimum absolute atomic E-state index is 0.0935. The van der Waals surface area contributed by atoms with Gasteiger partial charge in [0, 0.05) is 18.4 Å². The Morgan fingerprint density at radius 2 is 1.23 bits per heavy atom. The van der Waals surface area contributed by atoms with Crippen molar-refractivity contribution in [1.29, 1.82) is 0 Å². The zero-order valence-electron chi connectivity index (χ0n) is 19.8. The maximum Gasteiger partial charge on any atom is 0.321 e. The molecule has 0 bridgehead atoms. The SMILES string of the molecule is CCOCCOC(COC(=O)C(C)(C)C(=O)C(C)C)OC(=O)C(C)(C)C(=O)C(C)C. The van der Waals surface area contributed by atoms with E-state index in [0.29, 0.717) is 6.61 Å².